The summed E-state index contributed by atoms with van der Waals surface area (Å²) in [5.74, 6) is 0.142. The molecule has 16 heavy (non-hydrogen) atoms. The van der Waals surface area contributed by atoms with Gasteiger partial charge in [-0.1, -0.05) is 13.3 Å². The Bertz CT molecular complexity index is 242. The Morgan fingerprint density at radius 2 is 2.12 bits per heavy atom. The molecule has 0 N–H and O–H groups in total. The van der Waals surface area contributed by atoms with E-state index in [2.05, 4.69) is 0 Å². The maximum atomic E-state index is 11.2. The average molecular weight is 229 g/mol. The third kappa shape index (κ3) is 4.51. The molecular weight excluding hydrogens is 210 g/mol. The summed E-state index contributed by atoms with van der Waals surface area (Å²) < 4.78 is 9.65. The monoisotopic (exact) mass is 229 g/mol. The van der Waals surface area contributed by atoms with Crippen LogP contribution < -0.4 is 0 Å². The molecule has 0 radical (unpaired) electrons. The van der Waals surface area contributed by atoms with Crippen molar-refractivity contribution in [2.75, 3.05) is 26.3 Å². The molecular formula is C11H19NO4. The quantitative estimate of drug-likeness (QED) is 0.512. The number of rotatable bonds is 6. The predicted octanol–water partition coefficient (Wildman–Crippen LogP) is 1.56. The molecule has 0 bridgehead atoms. The SMILES string of the molecule is CCCCOC(=O)OCCN1CCCC1=O. The fourth-order valence-corrected chi connectivity index (χ4v) is 1.52. The van der Waals surface area contributed by atoms with Gasteiger partial charge in [0.15, 0.2) is 0 Å². The number of unbranched alkanes of at least 4 members (excludes halogenated alkanes) is 1. The smallest absolute Gasteiger partial charge is 0.434 e. The summed E-state index contributed by atoms with van der Waals surface area (Å²) in [6.07, 6.45) is 2.70. The number of hydrogen-bond acceptors (Lipinski definition) is 4. The lowest BCUT2D eigenvalue weighted by Gasteiger charge is -2.14. The Kier molecular flexibility index (Phi) is 5.67. The molecule has 0 aromatic rings. The average Bonchev–Trinajstić information content (AvgIpc) is 2.65. The number of hydrogen-bond donors (Lipinski definition) is 0. The van der Waals surface area contributed by atoms with E-state index in [-0.39, 0.29) is 12.5 Å². The molecule has 1 aliphatic rings. The molecule has 1 saturated heterocycles. The molecule has 0 atom stereocenters. The van der Waals surface area contributed by atoms with Gasteiger partial charge in [0.1, 0.15) is 6.61 Å². The standard InChI is InChI=1S/C11H19NO4/c1-2-3-8-15-11(14)16-9-7-12-6-4-5-10(12)13/h2-9H2,1H3. The summed E-state index contributed by atoms with van der Waals surface area (Å²) in [5, 5.41) is 0. The third-order valence-corrected chi connectivity index (χ3v) is 2.47. The summed E-state index contributed by atoms with van der Waals surface area (Å²) in [6.45, 7) is 3.89. The fraction of sp³-hybridized carbons (Fsp3) is 0.818. The highest BCUT2D eigenvalue weighted by Crippen LogP contribution is 2.08. The minimum absolute atomic E-state index is 0.142. The van der Waals surface area contributed by atoms with Gasteiger partial charge in [0.2, 0.25) is 5.91 Å². The van der Waals surface area contributed by atoms with Crippen molar-refractivity contribution in [3.05, 3.63) is 0 Å². The van der Waals surface area contributed by atoms with Crippen molar-refractivity contribution in [1.29, 1.82) is 0 Å². The van der Waals surface area contributed by atoms with Crippen LogP contribution in [0.3, 0.4) is 0 Å². The zero-order valence-electron chi connectivity index (χ0n) is 9.74. The molecule has 1 amide bonds. The van der Waals surface area contributed by atoms with Gasteiger partial charge < -0.3 is 14.4 Å². The van der Waals surface area contributed by atoms with Gasteiger partial charge in [-0.25, -0.2) is 4.79 Å². The molecule has 1 rings (SSSR count). The summed E-state index contributed by atoms with van der Waals surface area (Å²) in [6, 6.07) is 0. The van der Waals surface area contributed by atoms with Crippen molar-refractivity contribution in [2.45, 2.75) is 32.6 Å². The van der Waals surface area contributed by atoms with E-state index in [1.54, 1.807) is 4.90 Å². The van der Waals surface area contributed by atoms with Gasteiger partial charge in [-0.15, -0.1) is 0 Å². The Morgan fingerprint density at radius 3 is 2.75 bits per heavy atom. The summed E-state index contributed by atoms with van der Waals surface area (Å²) in [5.41, 5.74) is 0. The third-order valence-electron chi connectivity index (χ3n) is 2.47. The van der Waals surface area contributed by atoms with Crippen LogP contribution >= 0.6 is 0 Å². The summed E-state index contributed by atoms with van der Waals surface area (Å²) >= 11 is 0. The van der Waals surface area contributed by atoms with E-state index in [9.17, 15) is 9.59 Å². The first-order valence-electron chi connectivity index (χ1n) is 5.81. The minimum Gasteiger partial charge on any atom is -0.434 e. The van der Waals surface area contributed by atoms with Crippen LogP contribution in [0.4, 0.5) is 4.79 Å². The van der Waals surface area contributed by atoms with Gasteiger partial charge >= 0.3 is 6.16 Å². The molecule has 1 aliphatic heterocycles. The van der Waals surface area contributed by atoms with E-state index >= 15 is 0 Å². The lowest BCUT2D eigenvalue weighted by molar-refractivity contribution is -0.128. The first kappa shape index (κ1) is 12.8. The van der Waals surface area contributed by atoms with Crippen molar-refractivity contribution in [3.8, 4) is 0 Å². The zero-order chi connectivity index (χ0) is 11.8. The number of carbonyl (C=O) groups excluding carboxylic acids is 2. The Morgan fingerprint density at radius 1 is 1.38 bits per heavy atom. The van der Waals surface area contributed by atoms with Crippen molar-refractivity contribution in [1.82, 2.24) is 4.90 Å². The van der Waals surface area contributed by atoms with Crippen LogP contribution in [0.25, 0.3) is 0 Å². The second-order valence-electron chi connectivity index (χ2n) is 3.78. The molecule has 1 fully saturated rings. The van der Waals surface area contributed by atoms with Crippen LogP contribution in [0.15, 0.2) is 0 Å². The number of amides is 1. The van der Waals surface area contributed by atoms with E-state index in [0.717, 1.165) is 25.8 Å². The van der Waals surface area contributed by atoms with Gasteiger partial charge in [0, 0.05) is 13.0 Å². The van der Waals surface area contributed by atoms with Crippen molar-refractivity contribution >= 4 is 12.1 Å². The summed E-state index contributed by atoms with van der Waals surface area (Å²) in [7, 11) is 0. The van der Waals surface area contributed by atoms with Crippen molar-refractivity contribution in [2.24, 2.45) is 0 Å². The lowest BCUT2D eigenvalue weighted by atomic mass is 10.4. The van der Waals surface area contributed by atoms with E-state index in [1.165, 1.54) is 0 Å². The zero-order valence-corrected chi connectivity index (χ0v) is 9.74. The van der Waals surface area contributed by atoms with E-state index in [0.29, 0.717) is 19.6 Å². The molecule has 0 aromatic carbocycles. The highest BCUT2D eigenvalue weighted by atomic mass is 16.7. The largest absolute Gasteiger partial charge is 0.508 e. The second-order valence-corrected chi connectivity index (χ2v) is 3.78. The van der Waals surface area contributed by atoms with Gasteiger partial charge in [0.25, 0.3) is 0 Å². The van der Waals surface area contributed by atoms with Crippen LogP contribution in [0.1, 0.15) is 32.6 Å². The van der Waals surface area contributed by atoms with Crippen LogP contribution in [-0.4, -0.2) is 43.3 Å². The first-order valence-corrected chi connectivity index (χ1v) is 5.81. The maximum absolute atomic E-state index is 11.2. The normalized spacial score (nSPS) is 15.3. The number of likely N-dealkylation sites (tertiary alicyclic amines) is 1. The van der Waals surface area contributed by atoms with Crippen LogP contribution in [0, 0.1) is 0 Å². The van der Waals surface area contributed by atoms with Gasteiger partial charge in [-0.3, -0.25) is 4.79 Å². The highest BCUT2D eigenvalue weighted by Gasteiger charge is 2.19. The van der Waals surface area contributed by atoms with Crippen LogP contribution in [-0.2, 0) is 14.3 Å². The van der Waals surface area contributed by atoms with Gasteiger partial charge in [-0.05, 0) is 12.8 Å². The molecule has 5 heteroatoms. The number of ether oxygens (including phenoxy) is 2. The first-order chi connectivity index (χ1) is 7.74. The molecule has 1 heterocycles. The molecule has 5 nitrogen and oxygen atoms in total. The van der Waals surface area contributed by atoms with Crippen LogP contribution in [0.5, 0.6) is 0 Å². The molecule has 92 valence electrons. The fourth-order valence-electron chi connectivity index (χ4n) is 1.52. The summed E-state index contributed by atoms with van der Waals surface area (Å²) in [4.78, 5) is 23.9. The second kappa shape index (κ2) is 7.09. The Hall–Kier alpha value is -1.26. The predicted molar refractivity (Wildman–Crippen MR) is 58.0 cm³/mol. The van der Waals surface area contributed by atoms with E-state index < -0.39 is 6.16 Å². The van der Waals surface area contributed by atoms with E-state index in [4.69, 9.17) is 9.47 Å². The van der Waals surface area contributed by atoms with E-state index in [1.807, 2.05) is 6.92 Å². The number of nitrogens with zero attached hydrogens (tertiary/aromatic N) is 1. The van der Waals surface area contributed by atoms with Crippen LogP contribution in [0.2, 0.25) is 0 Å². The lowest BCUT2D eigenvalue weighted by Crippen LogP contribution is -2.29. The molecule has 0 aromatic heterocycles. The molecule has 0 unspecified atom stereocenters. The Balaban J connectivity index is 2.01. The minimum atomic E-state index is -0.639. The van der Waals surface area contributed by atoms with Gasteiger partial charge in [0.05, 0.1) is 13.2 Å². The van der Waals surface area contributed by atoms with Crippen molar-refractivity contribution < 1.29 is 19.1 Å². The maximum Gasteiger partial charge on any atom is 0.508 e. The molecule has 0 aliphatic carbocycles. The van der Waals surface area contributed by atoms with Gasteiger partial charge in [-0.2, -0.15) is 0 Å². The number of carbonyl (C=O) groups is 2. The Labute approximate surface area is 95.7 Å². The highest BCUT2D eigenvalue weighted by molar-refractivity contribution is 5.78. The molecule has 0 saturated carbocycles. The topological polar surface area (TPSA) is 55.8 Å². The van der Waals surface area contributed by atoms with Crippen molar-refractivity contribution in [3.63, 3.8) is 0 Å². The molecule has 0 spiro atoms.